The van der Waals surface area contributed by atoms with E-state index in [1.807, 2.05) is 4.68 Å². The molecule has 1 saturated heterocycles. The summed E-state index contributed by atoms with van der Waals surface area (Å²) >= 11 is 12.8. The number of carbonyl (C=O) groups excluding carboxylic acids is 2. The molecule has 1 aliphatic heterocycles. The summed E-state index contributed by atoms with van der Waals surface area (Å²) in [5, 5.41) is 13.6. The van der Waals surface area contributed by atoms with Crippen LogP contribution < -0.4 is 30.3 Å². The third-order valence-electron chi connectivity index (χ3n) is 6.91. The molecule has 2 aromatic heterocycles. The van der Waals surface area contributed by atoms with Crippen molar-refractivity contribution in [1.82, 2.24) is 24.6 Å². The number of piperidine rings is 1. The van der Waals surface area contributed by atoms with Crippen LogP contribution in [0.15, 0.2) is 37.3 Å². The van der Waals surface area contributed by atoms with Gasteiger partial charge in [0.25, 0.3) is 0 Å². The summed E-state index contributed by atoms with van der Waals surface area (Å²) in [4.78, 5) is 37.5. The summed E-state index contributed by atoms with van der Waals surface area (Å²) in [6.45, 7) is 8.64. The molecule has 1 fully saturated rings. The Balaban J connectivity index is 1.55. The lowest BCUT2D eigenvalue weighted by molar-refractivity contribution is -0.111. The number of methoxy groups -OCH3 is 2. The Bertz CT molecular complexity index is 1430. The first-order valence-electron chi connectivity index (χ1n) is 13.2. The van der Waals surface area contributed by atoms with Crippen LogP contribution in [-0.2, 0) is 4.79 Å². The number of benzene rings is 1. The van der Waals surface area contributed by atoms with Crippen molar-refractivity contribution in [2.24, 2.45) is 0 Å². The largest absolute Gasteiger partial charge is 0.495 e. The van der Waals surface area contributed by atoms with Crippen molar-refractivity contribution >= 4 is 64.0 Å². The van der Waals surface area contributed by atoms with E-state index in [1.165, 1.54) is 44.6 Å². The summed E-state index contributed by atoms with van der Waals surface area (Å²) in [6.07, 6.45) is 6.17. The van der Waals surface area contributed by atoms with Crippen LogP contribution in [0.25, 0.3) is 0 Å². The highest BCUT2D eigenvalue weighted by molar-refractivity contribution is 6.41. The minimum absolute atomic E-state index is 0.111. The third-order valence-corrected chi connectivity index (χ3v) is 7.66. The number of urea groups is 1. The summed E-state index contributed by atoms with van der Waals surface area (Å²) in [7, 11) is 4.40. The van der Waals surface area contributed by atoms with Crippen LogP contribution in [0.1, 0.15) is 25.8 Å². The molecular formula is C27H33Cl2N9O4. The van der Waals surface area contributed by atoms with Crippen molar-refractivity contribution in [2.45, 2.75) is 25.8 Å². The number of rotatable bonds is 10. The van der Waals surface area contributed by atoms with Gasteiger partial charge in [-0.1, -0.05) is 36.7 Å². The molecule has 224 valence electrons. The molecule has 1 aliphatic rings. The van der Waals surface area contributed by atoms with Gasteiger partial charge in [0, 0.05) is 32.3 Å². The van der Waals surface area contributed by atoms with Gasteiger partial charge in [0.1, 0.15) is 45.2 Å². The first-order valence-corrected chi connectivity index (χ1v) is 13.9. The molecule has 0 bridgehead atoms. The summed E-state index contributed by atoms with van der Waals surface area (Å²) < 4.78 is 12.4. The number of aromatic nitrogens is 4. The lowest BCUT2D eigenvalue weighted by Gasteiger charge is -2.31. The predicted octanol–water partition coefficient (Wildman–Crippen LogP) is 5.19. The predicted molar refractivity (Wildman–Crippen MR) is 164 cm³/mol. The normalized spacial score (nSPS) is 13.8. The van der Waals surface area contributed by atoms with Crippen LogP contribution >= 0.6 is 23.2 Å². The number of nitrogens with zero attached hydrogens (tertiary/aromatic N) is 6. The Hall–Kier alpha value is -4.07. The van der Waals surface area contributed by atoms with Crippen molar-refractivity contribution in [1.29, 1.82) is 0 Å². The van der Waals surface area contributed by atoms with Crippen LogP contribution in [0.5, 0.6) is 11.5 Å². The standard InChI is InChI=1S/C27H33Cl2N9O4/c1-6-22(39)32-17-14-38(16-8-10-37(7-2)11-9-16)35-26(17)33-20-13-21(31-15-30-20)36(3)27(40)34-25-23(28)18(41-4)12-19(42-5)24(25)29/h6,12-16H,1,7-11H2,2-5H3,(H,32,39)(H,34,40)(H,30,31,33,35). The Morgan fingerprint density at radius 3 is 2.38 bits per heavy atom. The molecule has 42 heavy (non-hydrogen) atoms. The topological polar surface area (TPSA) is 139 Å². The Labute approximate surface area is 253 Å². The number of ether oxygens (including phenoxy) is 2. The number of amides is 3. The van der Waals surface area contributed by atoms with Crippen molar-refractivity contribution in [3.8, 4) is 11.5 Å². The van der Waals surface area contributed by atoms with E-state index in [0.29, 0.717) is 17.3 Å². The van der Waals surface area contributed by atoms with E-state index in [4.69, 9.17) is 37.8 Å². The molecular weight excluding hydrogens is 585 g/mol. The van der Waals surface area contributed by atoms with Gasteiger partial charge in [0.05, 0.1) is 32.1 Å². The fourth-order valence-electron chi connectivity index (χ4n) is 4.46. The highest BCUT2D eigenvalue weighted by atomic mass is 35.5. The monoisotopic (exact) mass is 617 g/mol. The van der Waals surface area contributed by atoms with E-state index in [1.54, 1.807) is 12.3 Å². The van der Waals surface area contributed by atoms with Crippen molar-refractivity contribution in [3.05, 3.63) is 47.4 Å². The van der Waals surface area contributed by atoms with E-state index in [-0.39, 0.29) is 45.0 Å². The van der Waals surface area contributed by atoms with E-state index >= 15 is 0 Å². The van der Waals surface area contributed by atoms with Gasteiger partial charge in [-0.3, -0.25) is 14.4 Å². The van der Waals surface area contributed by atoms with Crippen molar-refractivity contribution in [3.63, 3.8) is 0 Å². The lowest BCUT2D eigenvalue weighted by Crippen LogP contribution is -2.34. The first kappa shape index (κ1) is 30.9. The third kappa shape index (κ3) is 6.86. The molecule has 0 unspecified atom stereocenters. The zero-order valence-electron chi connectivity index (χ0n) is 23.8. The number of halogens is 2. The van der Waals surface area contributed by atoms with Gasteiger partial charge in [-0.05, 0) is 25.5 Å². The van der Waals surface area contributed by atoms with E-state index in [9.17, 15) is 9.59 Å². The van der Waals surface area contributed by atoms with Crippen LogP contribution in [0.3, 0.4) is 0 Å². The minimum atomic E-state index is -0.583. The van der Waals surface area contributed by atoms with E-state index < -0.39 is 6.03 Å². The lowest BCUT2D eigenvalue weighted by atomic mass is 10.1. The second-order valence-corrected chi connectivity index (χ2v) is 10.1. The van der Waals surface area contributed by atoms with Crippen molar-refractivity contribution < 1.29 is 19.1 Å². The van der Waals surface area contributed by atoms with Gasteiger partial charge >= 0.3 is 6.03 Å². The minimum Gasteiger partial charge on any atom is -0.495 e. The maximum absolute atomic E-state index is 13.2. The van der Waals surface area contributed by atoms with Gasteiger partial charge in [-0.2, -0.15) is 5.10 Å². The maximum atomic E-state index is 13.2. The Morgan fingerprint density at radius 2 is 1.79 bits per heavy atom. The number of hydrogen-bond donors (Lipinski definition) is 3. The molecule has 1 aromatic carbocycles. The van der Waals surface area contributed by atoms with Gasteiger partial charge in [-0.15, -0.1) is 0 Å². The fraction of sp³-hybridized carbons (Fsp3) is 0.370. The average molecular weight is 619 g/mol. The fourth-order valence-corrected chi connectivity index (χ4v) is 5.05. The highest BCUT2D eigenvalue weighted by Crippen LogP contribution is 2.44. The molecule has 3 N–H and O–H groups in total. The smallest absolute Gasteiger partial charge is 0.327 e. The SMILES string of the molecule is C=CC(=O)Nc1cn(C2CCN(CC)CC2)nc1Nc1cc(N(C)C(=O)Nc2c(Cl)c(OC)cc(OC)c2Cl)ncn1. The number of nitrogens with one attached hydrogen (secondary N) is 3. The Morgan fingerprint density at radius 1 is 1.12 bits per heavy atom. The average Bonchev–Trinajstić information content (AvgIpc) is 3.40. The molecule has 0 atom stereocenters. The maximum Gasteiger partial charge on any atom is 0.327 e. The zero-order chi connectivity index (χ0) is 30.4. The molecule has 0 aliphatic carbocycles. The molecule has 3 amide bonds. The van der Waals surface area contributed by atoms with Crippen LogP contribution in [0, 0.1) is 0 Å². The quantitative estimate of drug-likeness (QED) is 0.262. The molecule has 3 aromatic rings. The molecule has 4 rings (SSSR count). The second kappa shape index (κ2) is 13.7. The number of hydrogen-bond acceptors (Lipinski definition) is 9. The molecule has 0 spiro atoms. The van der Waals surface area contributed by atoms with E-state index in [2.05, 4.69) is 44.3 Å². The molecule has 3 heterocycles. The van der Waals surface area contributed by atoms with Gasteiger partial charge in [0.15, 0.2) is 5.82 Å². The van der Waals surface area contributed by atoms with Gasteiger partial charge in [-0.25, -0.2) is 14.8 Å². The summed E-state index contributed by atoms with van der Waals surface area (Å²) in [6, 6.07) is 2.69. The Kier molecular flexibility index (Phi) is 10.1. The second-order valence-electron chi connectivity index (χ2n) is 9.39. The first-order chi connectivity index (χ1) is 20.2. The van der Waals surface area contributed by atoms with Gasteiger partial charge < -0.3 is 30.3 Å². The van der Waals surface area contributed by atoms with Crippen molar-refractivity contribution in [2.75, 3.05) is 61.8 Å². The van der Waals surface area contributed by atoms with Crippen LogP contribution in [0.2, 0.25) is 10.0 Å². The molecule has 13 nitrogen and oxygen atoms in total. The summed E-state index contributed by atoms with van der Waals surface area (Å²) in [5.74, 6) is 1.18. The molecule has 0 radical (unpaired) electrons. The van der Waals surface area contributed by atoms with Crippen LogP contribution in [0.4, 0.5) is 33.6 Å². The highest BCUT2D eigenvalue weighted by Gasteiger charge is 2.24. The van der Waals surface area contributed by atoms with E-state index in [0.717, 1.165) is 32.5 Å². The van der Waals surface area contributed by atoms with Gasteiger partial charge in [0.2, 0.25) is 5.91 Å². The van der Waals surface area contributed by atoms with Crippen LogP contribution in [-0.4, -0.2) is 77.5 Å². The molecule has 15 heteroatoms. The zero-order valence-corrected chi connectivity index (χ0v) is 25.3. The number of carbonyl (C=O) groups is 2. The summed E-state index contributed by atoms with van der Waals surface area (Å²) in [5.41, 5.74) is 0.594. The molecule has 0 saturated carbocycles. The number of anilines is 5. The number of likely N-dealkylation sites (tertiary alicyclic amines) is 1.